The van der Waals surface area contributed by atoms with E-state index < -0.39 is 5.60 Å². The van der Waals surface area contributed by atoms with E-state index in [1.807, 2.05) is 27.8 Å². The van der Waals surface area contributed by atoms with Gasteiger partial charge in [-0.2, -0.15) is 0 Å². The van der Waals surface area contributed by atoms with Crippen LogP contribution in [0.3, 0.4) is 0 Å². The van der Waals surface area contributed by atoms with Crippen molar-refractivity contribution in [2.24, 2.45) is 5.92 Å². The van der Waals surface area contributed by atoms with E-state index in [1.165, 1.54) is 0 Å². The topological polar surface area (TPSA) is 32.8 Å². The van der Waals surface area contributed by atoms with Crippen LogP contribution in [0.15, 0.2) is 0 Å². The van der Waals surface area contributed by atoms with E-state index in [4.69, 9.17) is 4.74 Å². The van der Waals surface area contributed by atoms with Gasteiger partial charge in [0.2, 0.25) is 0 Å². The second-order valence-electron chi connectivity index (χ2n) is 5.92. The highest BCUT2D eigenvalue weighted by molar-refractivity contribution is 5.67. The second-order valence-corrected chi connectivity index (χ2v) is 5.92. The number of likely N-dealkylation sites (tertiary alicyclic amines) is 1. The molecule has 0 atom stereocenters. The van der Waals surface area contributed by atoms with Crippen LogP contribution in [0.4, 0.5) is 4.79 Å². The van der Waals surface area contributed by atoms with Crippen LogP contribution in [0.25, 0.3) is 0 Å². The fraction of sp³-hybridized carbons (Fsp3) is 0.846. The minimum Gasteiger partial charge on any atom is -0.459 e. The lowest BCUT2D eigenvalue weighted by molar-refractivity contribution is 0.0255. The Hall–Kier alpha value is -0.770. The van der Waals surface area contributed by atoms with Crippen molar-refractivity contribution >= 4 is 6.09 Å². The molecule has 0 unspecified atom stereocenters. The van der Waals surface area contributed by atoms with Gasteiger partial charge in [0, 0.05) is 13.6 Å². The van der Waals surface area contributed by atoms with Gasteiger partial charge in [-0.1, -0.05) is 0 Å². The molecule has 0 aromatic heterocycles. The first kappa shape index (κ1) is 14.3. The molecule has 4 heteroatoms. The Kier molecular flexibility index (Phi) is 4.80. The maximum atomic E-state index is 11.8. The van der Waals surface area contributed by atoms with Crippen LogP contribution in [0, 0.1) is 13.0 Å². The zero-order valence-electron chi connectivity index (χ0n) is 11.5. The fourth-order valence-corrected chi connectivity index (χ4v) is 1.97. The number of carbonyl (C=O) groups is 1. The molecule has 1 aliphatic rings. The summed E-state index contributed by atoms with van der Waals surface area (Å²) >= 11 is 0. The van der Waals surface area contributed by atoms with Gasteiger partial charge in [0.1, 0.15) is 5.60 Å². The molecule has 1 amide bonds. The number of amides is 1. The Bertz CT molecular complexity index is 253. The zero-order valence-corrected chi connectivity index (χ0v) is 11.5. The molecule has 0 aliphatic carbocycles. The largest absolute Gasteiger partial charge is 0.459 e. The SMILES string of the molecule is [CH2-]N1CCC(CN(C)C(=O)OC(C)(C)C)CC1. The Morgan fingerprint density at radius 2 is 1.94 bits per heavy atom. The quantitative estimate of drug-likeness (QED) is 0.696. The van der Waals surface area contributed by atoms with Gasteiger partial charge in [-0.25, -0.2) is 4.79 Å². The molecule has 1 fully saturated rings. The van der Waals surface area contributed by atoms with Crippen molar-refractivity contribution < 1.29 is 9.53 Å². The summed E-state index contributed by atoms with van der Waals surface area (Å²) in [5.74, 6) is 0.575. The van der Waals surface area contributed by atoms with Crippen LogP contribution in [-0.4, -0.2) is 48.2 Å². The van der Waals surface area contributed by atoms with E-state index in [-0.39, 0.29) is 6.09 Å². The number of carbonyl (C=O) groups excluding carboxylic acids is 1. The number of hydrogen-bond donors (Lipinski definition) is 0. The number of hydrogen-bond acceptors (Lipinski definition) is 3. The van der Waals surface area contributed by atoms with Crippen molar-refractivity contribution in [2.45, 2.75) is 39.2 Å². The first-order valence-electron chi connectivity index (χ1n) is 6.27. The molecule has 1 heterocycles. The molecule has 0 spiro atoms. The number of piperidine rings is 1. The Morgan fingerprint density at radius 3 is 2.41 bits per heavy atom. The lowest BCUT2D eigenvalue weighted by atomic mass is 9.97. The molecule has 0 bridgehead atoms. The molecule has 17 heavy (non-hydrogen) atoms. The first-order chi connectivity index (χ1) is 7.78. The van der Waals surface area contributed by atoms with Crippen molar-refractivity contribution in [3.63, 3.8) is 0 Å². The fourth-order valence-electron chi connectivity index (χ4n) is 1.97. The summed E-state index contributed by atoms with van der Waals surface area (Å²) in [6.07, 6.45) is 1.99. The molecule has 0 saturated carbocycles. The molecule has 1 aliphatic heterocycles. The minimum atomic E-state index is -0.415. The Labute approximate surface area is 105 Å². The standard InChI is InChI=1S/C13H25N2O2/c1-13(2,3)17-12(16)15(5)10-11-6-8-14(4)9-7-11/h11H,4,6-10H2,1-3,5H3/q-1. The maximum absolute atomic E-state index is 11.8. The van der Waals surface area contributed by atoms with Crippen LogP contribution in [-0.2, 0) is 4.74 Å². The molecule has 0 radical (unpaired) electrons. The molecule has 0 N–H and O–H groups in total. The van der Waals surface area contributed by atoms with Gasteiger partial charge in [0.15, 0.2) is 0 Å². The van der Waals surface area contributed by atoms with E-state index in [1.54, 1.807) is 4.90 Å². The smallest absolute Gasteiger partial charge is 0.410 e. The number of nitrogens with zero attached hydrogens (tertiary/aromatic N) is 2. The van der Waals surface area contributed by atoms with Crippen molar-refractivity contribution in [3.05, 3.63) is 7.05 Å². The monoisotopic (exact) mass is 241 g/mol. The molecule has 1 rings (SSSR count). The first-order valence-corrected chi connectivity index (χ1v) is 6.27. The summed E-state index contributed by atoms with van der Waals surface area (Å²) in [6.45, 7) is 8.49. The van der Waals surface area contributed by atoms with Crippen LogP contribution in [0.5, 0.6) is 0 Å². The van der Waals surface area contributed by atoms with Crippen molar-refractivity contribution in [2.75, 3.05) is 26.7 Å². The van der Waals surface area contributed by atoms with E-state index >= 15 is 0 Å². The van der Waals surface area contributed by atoms with Gasteiger partial charge in [-0.05, 0) is 52.6 Å². The van der Waals surface area contributed by atoms with Gasteiger partial charge in [0.05, 0.1) is 0 Å². The normalized spacial score (nSPS) is 19.1. The van der Waals surface area contributed by atoms with E-state index in [9.17, 15) is 4.79 Å². The van der Waals surface area contributed by atoms with E-state index in [2.05, 4.69) is 11.9 Å². The lowest BCUT2D eigenvalue weighted by Crippen LogP contribution is -2.39. The molecule has 4 nitrogen and oxygen atoms in total. The van der Waals surface area contributed by atoms with Gasteiger partial charge >= 0.3 is 6.09 Å². The predicted octanol–water partition coefficient (Wildman–Crippen LogP) is 2.36. The highest BCUT2D eigenvalue weighted by Gasteiger charge is 2.22. The van der Waals surface area contributed by atoms with Crippen LogP contribution >= 0.6 is 0 Å². The van der Waals surface area contributed by atoms with Crippen molar-refractivity contribution in [1.82, 2.24) is 9.80 Å². The Morgan fingerprint density at radius 1 is 1.41 bits per heavy atom. The number of ether oxygens (including phenoxy) is 1. The predicted molar refractivity (Wildman–Crippen MR) is 68.5 cm³/mol. The highest BCUT2D eigenvalue weighted by atomic mass is 16.6. The molecule has 1 saturated heterocycles. The van der Waals surface area contributed by atoms with Gasteiger partial charge in [0.25, 0.3) is 0 Å². The third-order valence-electron chi connectivity index (χ3n) is 2.94. The summed E-state index contributed by atoms with van der Waals surface area (Å²) in [6, 6.07) is 0. The van der Waals surface area contributed by atoms with Crippen molar-refractivity contribution in [3.8, 4) is 0 Å². The van der Waals surface area contributed by atoms with Gasteiger partial charge in [-0.15, -0.1) is 0 Å². The third kappa shape index (κ3) is 5.39. The average Bonchev–Trinajstić information content (AvgIpc) is 2.19. The summed E-state index contributed by atoms with van der Waals surface area (Å²) in [4.78, 5) is 15.6. The zero-order chi connectivity index (χ0) is 13.1. The van der Waals surface area contributed by atoms with E-state index in [0.29, 0.717) is 5.92 Å². The second kappa shape index (κ2) is 5.71. The summed E-state index contributed by atoms with van der Waals surface area (Å²) < 4.78 is 5.33. The molecular formula is C13H25N2O2-. The third-order valence-corrected chi connectivity index (χ3v) is 2.94. The Balaban J connectivity index is 2.33. The summed E-state index contributed by atoms with van der Waals surface area (Å²) in [5, 5.41) is 0. The van der Waals surface area contributed by atoms with Crippen LogP contribution in [0.1, 0.15) is 33.6 Å². The molecule has 0 aromatic carbocycles. The highest BCUT2D eigenvalue weighted by Crippen LogP contribution is 2.18. The van der Waals surface area contributed by atoms with Gasteiger partial charge in [-0.3, -0.25) is 7.05 Å². The van der Waals surface area contributed by atoms with Crippen LogP contribution in [0.2, 0.25) is 0 Å². The maximum Gasteiger partial charge on any atom is 0.410 e. The van der Waals surface area contributed by atoms with Crippen molar-refractivity contribution in [1.29, 1.82) is 0 Å². The minimum absolute atomic E-state index is 0.227. The average molecular weight is 241 g/mol. The van der Waals surface area contributed by atoms with Gasteiger partial charge < -0.3 is 14.5 Å². The number of rotatable bonds is 2. The summed E-state index contributed by atoms with van der Waals surface area (Å²) in [7, 11) is 5.73. The molecule has 100 valence electrons. The van der Waals surface area contributed by atoms with Crippen LogP contribution < -0.4 is 0 Å². The molecule has 0 aromatic rings. The summed E-state index contributed by atoms with van der Waals surface area (Å²) in [5.41, 5.74) is -0.415. The molecular weight excluding hydrogens is 216 g/mol. The van der Waals surface area contributed by atoms with E-state index in [0.717, 1.165) is 32.5 Å². The lowest BCUT2D eigenvalue weighted by Gasteiger charge is -2.36.